The number of methoxy groups -OCH3 is 1. The van der Waals surface area contributed by atoms with Crippen molar-refractivity contribution >= 4 is 23.5 Å². The molecule has 0 fully saturated rings. The largest absolute Gasteiger partial charge is 0.468 e. The molecule has 24 heavy (non-hydrogen) atoms. The molecule has 124 valence electrons. The van der Waals surface area contributed by atoms with Gasteiger partial charge in [0.25, 0.3) is 11.8 Å². The van der Waals surface area contributed by atoms with E-state index in [-0.39, 0.29) is 17.8 Å². The molecule has 2 amide bonds. The average Bonchev–Trinajstić information content (AvgIpc) is 2.65. The fourth-order valence-corrected chi connectivity index (χ4v) is 1.81. The molecule has 0 saturated heterocycles. The van der Waals surface area contributed by atoms with Gasteiger partial charge < -0.3 is 10.1 Å². The molecule has 0 aliphatic carbocycles. The minimum Gasteiger partial charge on any atom is -0.468 e. The smallest absolute Gasteiger partial charge is 0.325 e. The Morgan fingerprint density at radius 3 is 2.46 bits per heavy atom. The summed E-state index contributed by atoms with van der Waals surface area (Å²) in [6.07, 6.45) is 1.25. The van der Waals surface area contributed by atoms with Gasteiger partial charge in [-0.15, -0.1) is 0 Å². The zero-order valence-electron chi connectivity index (χ0n) is 12.9. The van der Waals surface area contributed by atoms with Gasteiger partial charge in [0, 0.05) is 6.20 Å². The van der Waals surface area contributed by atoms with Crippen LogP contribution in [0.1, 0.15) is 20.8 Å². The normalized spacial score (nSPS) is 9.92. The number of hydrogen-bond acceptors (Lipinski definition) is 6. The molecule has 0 bridgehead atoms. The third-order valence-corrected chi connectivity index (χ3v) is 3.12. The number of hydrazine groups is 1. The van der Waals surface area contributed by atoms with Crippen molar-refractivity contribution in [1.82, 2.24) is 10.3 Å². The van der Waals surface area contributed by atoms with Gasteiger partial charge in [0.2, 0.25) is 0 Å². The molecule has 0 aliphatic heterocycles. The molecule has 0 saturated carbocycles. The number of aromatic nitrogens is 1. The second-order valence-electron chi connectivity index (χ2n) is 4.70. The molecule has 0 atom stereocenters. The number of anilines is 1. The molecule has 1 aromatic carbocycles. The van der Waals surface area contributed by atoms with Crippen molar-refractivity contribution in [2.45, 2.75) is 0 Å². The molecule has 2 rings (SSSR count). The van der Waals surface area contributed by atoms with Crippen LogP contribution in [0.5, 0.6) is 0 Å². The Bertz CT molecular complexity index is 732. The van der Waals surface area contributed by atoms with Gasteiger partial charge in [-0.1, -0.05) is 18.2 Å². The molecule has 8 heteroatoms. The van der Waals surface area contributed by atoms with Gasteiger partial charge in [-0.3, -0.25) is 19.4 Å². The maximum Gasteiger partial charge on any atom is 0.325 e. The summed E-state index contributed by atoms with van der Waals surface area (Å²) in [6.45, 7) is -0.262. The summed E-state index contributed by atoms with van der Waals surface area (Å²) < 4.78 is 4.42. The number of ether oxygens (including phenoxy) is 1. The first-order chi connectivity index (χ1) is 11.5. The van der Waals surface area contributed by atoms with E-state index in [0.717, 1.165) is 5.01 Å². The molecular formula is C16H16N4O4. The third-order valence-electron chi connectivity index (χ3n) is 3.12. The van der Waals surface area contributed by atoms with Crippen LogP contribution >= 0.6 is 0 Å². The Balaban J connectivity index is 2.04. The molecule has 8 nitrogen and oxygen atoms in total. The highest BCUT2D eigenvalue weighted by Gasteiger charge is 2.16. The van der Waals surface area contributed by atoms with Gasteiger partial charge in [0.05, 0.1) is 18.4 Å². The first-order valence-corrected chi connectivity index (χ1v) is 6.98. The maximum absolute atomic E-state index is 12.3. The van der Waals surface area contributed by atoms with Crippen LogP contribution in [0.15, 0.2) is 48.7 Å². The number of nitrogens with one attached hydrogen (secondary N) is 1. The summed E-state index contributed by atoms with van der Waals surface area (Å²) in [5, 5.41) is 3.34. The number of benzene rings is 1. The van der Waals surface area contributed by atoms with Gasteiger partial charge in [-0.05, 0) is 24.3 Å². The van der Waals surface area contributed by atoms with Crippen molar-refractivity contribution in [3.05, 3.63) is 59.9 Å². The number of carbonyl (C=O) groups excluding carboxylic acids is 3. The van der Waals surface area contributed by atoms with Crippen molar-refractivity contribution in [2.75, 3.05) is 18.7 Å². The predicted molar refractivity (Wildman–Crippen MR) is 86.0 cm³/mol. The third kappa shape index (κ3) is 4.14. The number of para-hydroxylation sites is 1. The molecule has 0 aliphatic rings. The molecule has 2 aromatic rings. The van der Waals surface area contributed by atoms with Crippen molar-refractivity contribution in [1.29, 1.82) is 0 Å². The quantitative estimate of drug-likeness (QED) is 0.357. The van der Waals surface area contributed by atoms with Crippen LogP contribution in [0.3, 0.4) is 0 Å². The first-order valence-electron chi connectivity index (χ1n) is 6.98. The zero-order valence-corrected chi connectivity index (χ0v) is 12.9. The fourth-order valence-electron chi connectivity index (χ4n) is 1.81. The number of nitrogens with zero attached hydrogens (tertiary/aromatic N) is 2. The van der Waals surface area contributed by atoms with Crippen LogP contribution in [-0.2, 0) is 9.53 Å². The molecule has 3 N–H and O–H groups in total. The summed E-state index contributed by atoms with van der Waals surface area (Å²) >= 11 is 0. The van der Waals surface area contributed by atoms with Gasteiger partial charge in [-0.2, -0.15) is 0 Å². The van der Waals surface area contributed by atoms with E-state index in [0.29, 0.717) is 5.69 Å². The van der Waals surface area contributed by atoms with E-state index < -0.39 is 17.8 Å². The molecule has 1 aromatic heterocycles. The number of rotatable bonds is 5. The van der Waals surface area contributed by atoms with Crippen molar-refractivity contribution in [3.63, 3.8) is 0 Å². The molecule has 0 radical (unpaired) electrons. The average molecular weight is 328 g/mol. The molecular weight excluding hydrogens is 312 g/mol. The topological polar surface area (TPSA) is 115 Å². The summed E-state index contributed by atoms with van der Waals surface area (Å²) in [4.78, 5) is 39.0. The van der Waals surface area contributed by atoms with E-state index in [1.807, 2.05) is 6.07 Å². The van der Waals surface area contributed by atoms with E-state index in [4.69, 9.17) is 5.84 Å². The minimum atomic E-state index is -0.572. The molecule has 1 heterocycles. The van der Waals surface area contributed by atoms with Gasteiger partial charge in [0.15, 0.2) is 0 Å². The summed E-state index contributed by atoms with van der Waals surface area (Å²) in [6, 6.07) is 11.5. The summed E-state index contributed by atoms with van der Waals surface area (Å²) in [5.41, 5.74) is 0.826. The lowest BCUT2D eigenvalue weighted by atomic mass is 10.2. The van der Waals surface area contributed by atoms with E-state index in [2.05, 4.69) is 15.0 Å². The standard InChI is InChI=1S/C16H16N4O4/c1-24-14(21)10-19-15(22)13-8-7-11(9-18-13)16(23)20(17)12-5-3-2-4-6-12/h2-9H,10,17H2,1H3,(H,19,22). The highest BCUT2D eigenvalue weighted by Crippen LogP contribution is 2.13. The SMILES string of the molecule is COC(=O)CNC(=O)c1ccc(C(=O)N(N)c2ccccc2)cn1. The number of pyridine rings is 1. The van der Waals surface area contributed by atoms with Crippen molar-refractivity contribution < 1.29 is 19.1 Å². The van der Waals surface area contributed by atoms with Gasteiger partial charge in [-0.25, -0.2) is 10.9 Å². The lowest BCUT2D eigenvalue weighted by Gasteiger charge is -2.16. The highest BCUT2D eigenvalue weighted by molar-refractivity contribution is 6.05. The van der Waals surface area contributed by atoms with Crippen molar-refractivity contribution in [3.8, 4) is 0 Å². The zero-order chi connectivity index (χ0) is 17.5. The lowest BCUT2D eigenvalue weighted by molar-refractivity contribution is -0.139. The maximum atomic E-state index is 12.3. The van der Waals surface area contributed by atoms with E-state index in [1.54, 1.807) is 24.3 Å². The minimum absolute atomic E-state index is 0.0683. The fraction of sp³-hybridized carbons (Fsp3) is 0.125. The lowest BCUT2D eigenvalue weighted by Crippen LogP contribution is -2.37. The van der Waals surface area contributed by atoms with E-state index >= 15 is 0 Å². The monoisotopic (exact) mass is 328 g/mol. The molecule has 0 spiro atoms. The van der Waals surface area contributed by atoms with Crippen LogP contribution in [0.2, 0.25) is 0 Å². The second kappa shape index (κ2) is 7.84. The Labute approximate surface area is 138 Å². The van der Waals surface area contributed by atoms with E-state index in [9.17, 15) is 14.4 Å². The Morgan fingerprint density at radius 1 is 1.17 bits per heavy atom. The van der Waals surface area contributed by atoms with Crippen LogP contribution in [0.25, 0.3) is 0 Å². The van der Waals surface area contributed by atoms with Crippen LogP contribution in [0, 0.1) is 0 Å². The van der Waals surface area contributed by atoms with Gasteiger partial charge in [0.1, 0.15) is 12.2 Å². The second-order valence-corrected chi connectivity index (χ2v) is 4.70. The Morgan fingerprint density at radius 2 is 1.88 bits per heavy atom. The van der Waals surface area contributed by atoms with Crippen LogP contribution < -0.4 is 16.2 Å². The summed E-state index contributed by atoms with van der Waals surface area (Å²) in [7, 11) is 1.22. The number of hydrogen-bond donors (Lipinski definition) is 2. The Hall–Kier alpha value is -3.26. The van der Waals surface area contributed by atoms with Crippen LogP contribution in [0.4, 0.5) is 5.69 Å². The number of esters is 1. The first kappa shape index (κ1) is 17.1. The van der Waals surface area contributed by atoms with E-state index in [1.165, 1.54) is 25.4 Å². The predicted octanol–water partition coefficient (Wildman–Crippen LogP) is 0.505. The number of carbonyl (C=O) groups is 3. The summed E-state index contributed by atoms with van der Waals surface area (Å²) in [5.74, 6) is 4.21. The Kier molecular flexibility index (Phi) is 5.58. The highest BCUT2D eigenvalue weighted by atomic mass is 16.5. The van der Waals surface area contributed by atoms with Crippen LogP contribution in [-0.4, -0.2) is 36.4 Å². The molecule has 0 unspecified atom stereocenters. The van der Waals surface area contributed by atoms with Crippen molar-refractivity contribution in [2.24, 2.45) is 5.84 Å². The number of nitrogens with two attached hydrogens (primary N) is 1. The number of amides is 2. The van der Waals surface area contributed by atoms with Gasteiger partial charge >= 0.3 is 5.97 Å².